The molecule has 19 heavy (non-hydrogen) atoms. The molecule has 0 radical (unpaired) electrons. The first-order chi connectivity index (χ1) is 8.83. The Morgan fingerprint density at radius 3 is 2.95 bits per heavy atom. The van der Waals surface area contributed by atoms with Crippen molar-refractivity contribution in [3.8, 4) is 0 Å². The van der Waals surface area contributed by atoms with Gasteiger partial charge in [-0.05, 0) is 36.9 Å². The van der Waals surface area contributed by atoms with Crippen LogP contribution >= 0.6 is 23.7 Å². The summed E-state index contributed by atoms with van der Waals surface area (Å²) in [6.07, 6.45) is 2.21. The third-order valence-electron chi connectivity index (χ3n) is 3.28. The van der Waals surface area contributed by atoms with Crippen molar-refractivity contribution < 1.29 is 4.79 Å². The standard InChI is InChI=1S/C14H16N2OS.ClH/c17-14(16-11-5-3-7-15-9-11)13-8-10-4-1-2-6-12(10)18-13;/h1-2,4,6,8,11,15H,3,5,7,9H2,(H,16,17);1H/t11-;/m1./s1. The van der Waals surface area contributed by atoms with Gasteiger partial charge in [0.2, 0.25) is 0 Å². The van der Waals surface area contributed by atoms with Gasteiger partial charge in [0, 0.05) is 17.3 Å². The van der Waals surface area contributed by atoms with Gasteiger partial charge in [0.25, 0.3) is 5.91 Å². The lowest BCUT2D eigenvalue weighted by Gasteiger charge is -2.23. The van der Waals surface area contributed by atoms with Crippen LogP contribution in [0.15, 0.2) is 30.3 Å². The molecule has 0 spiro atoms. The predicted octanol–water partition coefficient (Wildman–Crippen LogP) is 2.80. The lowest BCUT2D eigenvalue weighted by molar-refractivity contribution is 0.0935. The maximum atomic E-state index is 12.2. The van der Waals surface area contributed by atoms with Gasteiger partial charge >= 0.3 is 0 Å². The molecule has 0 aliphatic carbocycles. The highest BCUT2D eigenvalue weighted by molar-refractivity contribution is 7.20. The van der Waals surface area contributed by atoms with Crippen LogP contribution in [-0.2, 0) is 0 Å². The number of fused-ring (bicyclic) bond motifs is 1. The molecule has 1 amide bonds. The molecule has 3 rings (SSSR count). The van der Waals surface area contributed by atoms with Gasteiger partial charge in [-0.15, -0.1) is 23.7 Å². The number of rotatable bonds is 2. The number of hydrogen-bond acceptors (Lipinski definition) is 3. The number of carbonyl (C=O) groups is 1. The van der Waals surface area contributed by atoms with E-state index in [1.54, 1.807) is 11.3 Å². The van der Waals surface area contributed by atoms with Gasteiger partial charge < -0.3 is 10.6 Å². The van der Waals surface area contributed by atoms with Crippen molar-refractivity contribution in [2.24, 2.45) is 0 Å². The molecule has 1 aliphatic heterocycles. The minimum Gasteiger partial charge on any atom is -0.347 e. The van der Waals surface area contributed by atoms with E-state index in [2.05, 4.69) is 16.7 Å². The summed E-state index contributed by atoms with van der Waals surface area (Å²) in [6, 6.07) is 10.4. The van der Waals surface area contributed by atoms with Crippen molar-refractivity contribution in [2.75, 3.05) is 13.1 Å². The number of piperidine rings is 1. The van der Waals surface area contributed by atoms with Crippen molar-refractivity contribution in [1.29, 1.82) is 0 Å². The first-order valence-electron chi connectivity index (χ1n) is 6.33. The van der Waals surface area contributed by atoms with E-state index in [0.717, 1.165) is 36.2 Å². The molecule has 0 bridgehead atoms. The zero-order valence-corrected chi connectivity index (χ0v) is 12.2. The molecule has 1 aliphatic rings. The van der Waals surface area contributed by atoms with E-state index in [4.69, 9.17) is 0 Å². The van der Waals surface area contributed by atoms with E-state index in [9.17, 15) is 4.79 Å². The molecule has 2 aromatic rings. The van der Waals surface area contributed by atoms with Crippen LogP contribution in [0.5, 0.6) is 0 Å². The normalized spacial score (nSPS) is 18.8. The molecule has 1 atom stereocenters. The molecule has 1 saturated heterocycles. The average molecular weight is 297 g/mol. The monoisotopic (exact) mass is 296 g/mol. The Balaban J connectivity index is 0.00000133. The largest absolute Gasteiger partial charge is 0.347 e. The Kier molecular flexibility index (Phi) is 4.80. The van der Waals surface area contributed by atoms with E-state index < -0.39 is 0 Å². The van der Waals surface area contributed by atoms with Gasteiger partial charge in [-0.25, -0.2) is 0 Å². The molecular weight excluding hydrogens is 280 g/mol. The van der Waals surface area contributed by atoms with Crippen LogP contribution in [0.3, 0.4) is 0 Å². The maximum absolute atomic E-state index is 12.2. The van der Waals surface area contributed by atoms with E-state index >= 15 is 0 Å². The summed E-state index contributed by atoms with van der Waals surface area (Å²) in [6.45, 7) is 1.95. The van der Waals surface area contributed by atoms with Gasteiger partial charge in [0.1, 0.15) is 0 Å². The third kappa shape index (κ3) is 3.26. The number of thiophene rings is 1. The summed E-state index contributed by atoms with van der Waals surface area (Å²) in [4.78, 5) is 13.0. The molecule has 2 N–H and O–H groups in total. The lowest BCUT2D eigenvalue weighted by atomic mass is 10.1. The molecule has 0 saturated carbocycles. The topological polar surface area (TPSA) is 41.1 Å². The molecule has 1 aromatic carbocycles. The first kappa shape index (κ1) is 14.3. The minimum atomic E-state index is 0. The highest BCUT2D eigenvalue weighted by atomic mass is 35.5. The van der Waals surface area contributed by atoms with Crippen LogP contribution in [0.2, 0.25) is 0 Å². The average Bonchev–Trinajstić information content (AvgIpc) is 2.84. The van der Waals surface area contributed by atoms with Crippen LogP contribution in [0.25, 0.3) is 10.1 Å². The van der Waals surface area contributed by atoms with Crippen LogP contribution in [0, 0.1) is 0 Å². The number of hydrogen-bond donors (Lipinski definition) is 2. The lowest BCUT2D eigenvalue weighted by Crippen LogP contribution is -2.45. The fourth-order valence-corrected chi connectivity index (χ4v) is 3.29. The number of amides is 1. The molecule has 1 fully saturated rings. The van der Waals surface area contributed by atoms with Gasteiger partial charge in [-0.1, -0.05) is 18.2 Å². The second kappa shape index (κ2) is 6.37. The zero-order chi connectivity index (χ0) is 12.4. The van der Waals surface area contributed by atoms with E-state index in [0.29, 0.717) is 0 Å². The summed E-state index contributed by atoms with van der Waals surface area (Å²) in [5.41, 5.74) is 0. The maximum Gasteiger partial charge on any atom is 0.261 e. The highest BCUT2D eigenvalue weighted by Gasteiger charge is 2.17. The number of benzene rings is 1. The summed E-state index contributed by atoms with van der Waals surface area (Å²) < 4.78 is 1.17. The van der Waals surface area contributed by atoms with E-state index in [1.165, 1.54) is 4.70 Å². The summed E-state index contributed by atoms with van der Waals surface area (Å²) in [5.74, 6) is 0.0601. The molecular formula is C14H17ClN2OS. The van der Waals surface area contributed by atoms with Crippen molar-refractivity contribution in [2.45, 2.75) is 18.9 Å². The van der Waals surface area contributed by atoms with Gasteiger partial charge in [0.05, 0.1) is 4.88 Å². The van der Waals surface area contributed by atoms with Gasteiger partial charge in [-0.3, -0.25) is 4.79 Å². The quantitative estimate of drug-likeness (QED) is 0.895. The smallest absolute Gasteiger partial charge is 0.261 e. The first-order valence-corrected chi connectivity index (χ1v) is 7.15. The minimum absolute atomic E-state index is 0. The molecule has 3 nitrogen and oxygen atoms in total. The van der Waals surface area contributed by atoms with Crippen LogP contribution in [0.1, 0.15) is 22.5 Å². The Bertz CT molecular complexity index is 530. The Hall–Kier alpha value is -1.10. The SMILES string of the molecule is Cl.O=C(N[C@@H]1CCCNC1)c1cc2ccccc2s1. The molecule has 5 heteroatoms. The van der Waals surface area contributed by atoms with Crippen LogP contribution < -0.4 is 10.6 Å². The highest BCUT2D eigenvalue weighted by Crippen LogP contribution is 2.25. The van der Waals surface area contributed by atoms with Crippen LogP contribution in [0.4, 0.5) is 0 Å². The van der Waals surface area contributed by atoms with Crippen molar-refractivity contribution in [3.63, 3.8) is 0 Å². The Morgan fingerprint density at radius 2 is 2.21 bits per heavy atom. The molecule has 0 unspecified atom stereocenters. The van der Waals surface area contributed by atoms with Crippen LogP contribution in [-0.4, -0.2) is 25.0 Å². The Morgan fingerprint density at radius 1 is 1.37 bits per heavy atom. The van der Waals surface area contributed by atoms with Crippen molar-refractivity contribution in [1.82, 2.24) is 10.6 Å². The van der Waals surface area contributed by atoms with E-state index in [1.807, 2.05) is 24.3 Å². The second-order valence-electron chi connectivity index (χ2n) is 4.67. The number of carbonyl (C=O) groups excluding carboxylic acids is 1. The Labute approximate surface area is 122 Å². The predicted molar refractivity (Wildman–Crippen MR) is 82.4 cm³/mol. The fraction of sp³-hybridized carbons (Fsp3) is 0.357. The number of nitrogens with one attached hydrogen (secondary N) is 2. The molecule has 102 valence electrons. The van der Waals surface area contributed by atoms with Crippen molar-refractivity contribution >= 4 is 39.7 Å². The summed E-state index contributed by atoms with van der Waals surface area (Å²) in [7, 11) is 0. The number of halogens is 1. The van der Waals surface area contributed by atoms with Gasteiger partial charge in [0.15, 0.2) is 0 Å². The molecule has 1 aromatic heterocycles. The fourth-order valence-electron chi connectivity index (χ4n) is 2.33. The summed E-state index contributed by atoms with van der Waals surface area (Å²) in [5, 5.41) is 7.56. The zero-order valence-electron chi connectivity index (χ0n) is 10.5. The second-order valence-corrected chi connectivity index (χ2v) is 5.75. The third-order valence-corrected chi connectivity index (χ3v) is 4.40. The van der Waals surface area contributed by atoms with Gasteiger partial charge in [-0.2, -0.15) is 0 Å². The summed E-state index contributed by atoms with van der Waals surface area (Å²) >= 11 is 1.56. The van der Waals surface area contributed by atoms with Crippen molar-refractivity contribution in [3.05, 3.63) is 35.2 Å². The molecule has 2 heterocycles. The van der Waals surface area contributed by atoms with E-state index in [-0.39, 0.29) is 24.4 Å².